The van der Waals surface area contributed by atoms with E-state index in [1.54, 1.807) is 24.4 Å². The van der Waals surface area contributed by atoms with Gasteiger partial charge in [-0.15, -0.1) is 0 Å². The average molecular weight is 403 g/mol. The molecule has 7 heteroatoms. The summed E-state index contributed by atoms with van der Waals surface area (Å²) in [5.41, 5.74) is 1.64. The van der Waals surface area contributed by atoms with E-state index in [-0.39, 0.29) is 13.4 Å². The molecule has 0 aromatic heterocycles. The molecule has 2 aromatic rings. The molecule has 0 atom stereocenters. The minimum absolute atomic E-state index is 0.230. The topological polar surface area (TPSA) is 40.0 Å². The Morgan fingerprint density at radius 2 is 1.95 bits per heavy atom. The Morgan fingerprint density at radius 1 is 1.18 bits per heavy atom. The molecule has 3 rings (SSSR count). The zero-order chi connectivity index (χ0) is 15.5. The van der Waals surface area contributed by atoms with E-state index in [4.69, 9.17) is 37.5 Å². The van der Waals surface area contributed by atoms with Crippen molar-refractivity contribution >= 4 is 45.3 Å². The van der Waals surface area contributed by atoms with Crippen LogP contribution in [0.5, 0.6) is 11.5 Å². The molecule has 0 radical (unpaired) electrons. The highest BCUT2D eigenvalue weighted by molar-refractivity contribution is 9.10. The molecule has 0 aliphatic carbocycles. The van der Waals surface area contributed by atoms with Crippen LogP contribution in [0, 0.1) is 0 Å². The Hall–Kier alpha value is -1.43. The second kappa shape index (κ2) is 6.77. The summed E-state index contributed by atoms with van der Waals surface area (Å²) >= 11 is 15.3. The second-order valence-electron chi connectivity index (χ2n) is 4.47. The summed E-state index contributed by atoms with van der Waals surface area (Å²) in [4.78, 5) is 5.27. The number of nitrogens with zero attached hydrogens (tertiary/aromatic N) is 1. The highest BCUT2D eigenvalue weighted by Gasteiger charge is 2.15. The van der Waals surface area contributed by atoms with Crippen molar-refractivity contribution in [2.75, 3.05) is 6.79 Å². The number of rotatable bonds is 4. The lowest BCUT2D eigenvalue weighted by Crippen LogP contribution is -1.93. The zero-order valence-electron chi connectivity index (χ0n) is 11.2. The van der Waals surface area contributed by atoms with Crippen molar-refractivity contribution in [3.8, 4) is 11.5 Å². The van der Waals surface area contributed by atoms with Crippen molar-refractivity contribution in [1.29, 1.82) is 0 Å². The van der Waals surface area contributed by atoms with E-state index in [0.717, 1.165) is 15.6 Å². The van der Waals surface area contributed by atoms with E-state index in [2.05, 4.69) is 21.1 Å². The molecular formula is C15H10BrCl2NO3. The van der Waals surface area contributed by atoms with Gasteiger partial charge in [0.1, 0.15) is 6.61 Å². The Labute approximate surface area is 145 Å². The van der Waals surface area contributed by atoms with Gasteiger partial charge < -0.3 is 14.3 Å². The maximum atomic E-state index is 6.06. The predicted octanol–water partition coefficient (Wildman–Crippen LogP) is 5.04. The second-order valence-corrected chi connectivity index (χ2v) is 6.17. The number of hydrogen-bond donors (Lipinski definition) is 0. The van der Waals surface area contributed by atoms with Crippen molar-refractivity contribution in [1.82, 2.24) is 0 Å². The largest absolute Gasteiger partial charge is 0.454 e. The fraction of sp³-hybridized carbons (Fsp3) is 0.133. The van der Waals surface area contributed by atoms with Crippen LogP contribution in [-0.4, -0.2) is 13.0 Å². The molecule has 1 heterocycles. The number of benzene rings is 2. The van der Waals surface area contributed by atoms with E-state index in [0.29, 0.717) is 21.5 Å². The standard InChI is InChI=1S/C15H10BrCl2NO3/c16-12-5-15-14(20-8-21-15)3-10(12)6-19-22-7-9-1-2-11(17)4-13(9)18/h1-6H,7-8H2. The average Bonchev–Trinajstić information content (AvgIpc) is 2.92. The van der Waals surface area contributed by atoms with Crippen LogP contribution in [0.25, 0.3) is 0 Å². The third-order valence-corrected chi connectivity index (χ3v) is 4.27. The summed E-state index contributed by atoms with van der Waals surface area (Å²) < 4.78 is 11.4. The van der Waals surface area contributed by atoms with Gasteiger partial charge in [0, 0.05) is 25.6 Å². The first kappa shape index (κ1) is 15.5. The normalized spacial score (nSPS) is 12.9. The van der Waals surface area contributed by atoms with E-state index in [9.17, 15) is 0 Å². The van der Waals surface area contributed by atoms with Gasteiger partial charge in [-0.05, 0) is 40.2 Å². The summed E-state index contributed by atoms with van der Waals surface area (Å²) in [7, 11) is 0. The van der Waals surface area contributed by atoms with Crippen LogP contribution in [0.1, 0.15) is 11.1 Å². The minimum Gasteiger partial charge on any atom is -0.454 e. The molecule has 4 nitrogen and oxygen atoms in total. The van der Waals surface area contributed by atoms with Gasteiger partial charge in [0.2, 0.25) is 6.79 Å². The molecule has 2 aromatic carbocycles. The van der Waals surface area contributed by atoms with Crippen molar-refractivity contribution in [2.45, 2.75) is 6.61 Å². The van der Waals surface area contributed by atoms with Crippen LogP contribution < -0.4 is 9.47 Å². The van der Waals surface area contributed by atoms with Crippen molar-refractivity contribution in [2.24, 2.45) is 5.16 Å². The first-order chi connectivity index (χ1) is 10.6. The van der Waals surface area contributed by atoms with Gasteiger partial charge in [-0.25, -0.2) is 0 Å². The zero-order valence-corrected chi connectivity index (χ0v) is 14.3. The van der Waals surface area contributed by atoms with Crippen LogP contribution in [0.4, 0.5) is 0 Å². The number of hydrogen-bond acceptors (Lipinski definition) is 4. The molecule has 114 valence electrons. The summed E-state index contributed by atoms with van der Waals surface area (Å²) in [5.74, 6) is 1.39. The number of ether oxygens (including phenoxy) is 2. The summed E-state index contributed by atoms with van der Waals surface area (Å²) in [6.45, 7) is 0.489. The van der Waals surface area contributed by atoms with Crippen LogP contribution in [0.2, 0.25) is 10.0 Å². The van der Waals surface area contributed by atoms with Gasteiger partial charge in [0.05, 0.1) is 6.21 Å². The van der Waals surface area contributed by atoms with Crippen LogP contribution in [-0.2, 0) is 11.4 Å². The number of halogens is 3. The van der Waals surface area contributed by atoms with Gasteiger partial charge in [0.15, 0.2) is 11.5 Å². The van der Waals surface area contributed by atoms with Gasteiger partial charge in [-0.1, -0.05) is 34.4 Å². The first-order valence-electron chi connectivity index (χ1n) is 6.32. The molecule has 0 saturated carbocycles. The van der Waals surface area contributed by atoms with Crippen LogP contribution in [0.15, 0.2) is 40.0 Å². The van der Waals surface area contributed by atoms with E-state index < -0.39 is 0 Å². The van der Waals surface area contributed by atoms with Gasteiger partial charge in [-0.3, -0.25) is 0 Å². The molecule has 0 amide bonds. The summed E-state index contributed by atoms with van der Waals surface area (Å²) in [6.07, 6.45) is 1.59. The lowest BCUT2D eigenvalue weighted by molar-refractivity contribution is 0.132. The summed E-state index contributed by atoms with van der Waals surface area (Å²) in [5, 5.41) is 5.08. The van der Waals surface area contributed by atoms with E-state index in [1.165, 1.54) is 0 Å². The molecule has 0 spiro atoms. The van der Waals surface area contributed by atoms with Gasteiger partial charge in [0.25, 0.3) is 0 Å². The first-order valence-corrected chi connectivity index (χ1v) is 7.87. The lowest BCUT2D eigenvalue weighted by Gasteiger charge is -2.04. The predicted molar refractivity (Wildman–Crippen MR) is 89.1 cm³/mol. The fourth-order valence-corrected chi connectivity index (χ4v) is 2.76. The Kier molecular flexibility index (Phi) is 4.76. The van der Waals surface area contributed by atoms with Crippen LogP contribution >= 0.6 is 39.1 Å². The van der Waals surface area contributed by atoms with Gasteiger partial charge in [-0.2, -0.15) is 0 Å². The molecule has 1 aliphatic heterocycles. The number of fused-ring (bicyclic) bond motifs is 1. The quantitative estimate of drug-likeness (QED) is 0.531. The maximum Gasteiger partial charge on any atom is 0.231 e. The van der Waals surface area contributed by atoms with E-state index >= 15 is 0 Å². The minimum atomic E-state index is 0.230. The molecule has 0 bridgehead atoms. The molecule has 1 aliphatic rings. The van der Waals surface area contributed by atoms with Crippen molar-refractivity contribution < 1.29 is 14.3 Å². The molecule has 0 saturated heterocycles. The number of oxime groups is 1. The third kappa shape index (κ3) is 3.48. The molecule has 22 heavy (non-hydrogen) atoms. The van der Waals surface area contributed by atoms with Crippen molar-refractivity contribution in [3.05, 3.63) is 56.0 Å². The molecule has 0 fully saturated rings. The van der Waals surface area contributed by atoms with Gasteiger partial charge >= 0.3 is 0 Å². The fourth-order valence-electron chi connectivity index (χ4n) is 1.87. The smallest absolute Gasteiger partial charge is 0.231 e. The Bertz CT molecular complexity index is 737. The van der Waals surface area contributed by atoms with Crippen LogP contribution in [0.3, 0.4) is 0 Å². The van der Waals surface area contributed by atoms with Crippen molar-refractivity contribution in [3.63, 3.8) is 0 Å². The highest BCUT2D eigenvalue weighted by atomic mass is 79.9. The molecule has 0 N–H and O–H groups in total. The Morgan fingerprint density at radius 3 is 2.73 bits per heavy atom. The summed E-state index contributed by atoms with van der Waals surface area (Å²) in [6, 6.07) is 8.88. The Balaban J connectivity index is 1.65. The monoisotopic (exact) mass is 401 g/mol. The highest BCUT2D eigenvalue weighted by Crippen LogP contribution is 2.36. The third-order valence-electron chi connectivity index (χ3n) is 2.99. The molecule has 0 unspecified atom stereocenters. The SMILES string of the molecule is Clc1ccc(CON=Cc2cc3c(cc2Br)OCO3)c(Cl)c1. The molecular weight excluding hydrogens is 393 g/mol. The van der Waals surface area contributed by atoms with E-state index in [1.807, 2.05) is 12.1 Å². The lowest BCUT2D eigenvalue weighted by atomic mass is 10.2. The maximum absolute atomic E-state index is 6.06.